The number of hydrogen-bond acceptors (Lipinski definition) is 5. The van der Waals surface area contributed by atoms with E-state index in [0.29, 0.717) is 23.7 Å². The Bertz CT molecular complexity index is 833. The van der Waals surface area contributed by atoms with E-state index in [4.69, 9.17) is 11.6 Å². The van der Waals surface area contributed by atoms with Gasteiger partial charge in [-0.25, -0.2) is 0 Å². The molecule has 7 nitrogen and oxygen atoms in total. The van der Waals surface area contributed by atoms with Crippen molar-refractivity contribution in [1.29, 1.82) is 0 Å². The standard InChI is InChI=1S/C14H12ClN5O2/c15-11-9-10(20(21)22)4-5-12(11)16-7-6-14-18-17-13-3-1-2-8-19(13)14/h1-5,8-9,16H,6-7H2. The predicted octanol–water partition coefficient (Wildman–Crippen LogP) is 2.95. The number of non-ortho nitro benzene ring substituents is 1. The lowest BCUT2D eigenvalue weighted by Gasteiger charge is -2.07. The van der Waals surface area contributed by atoms with Crippen molar-refractivity contribution in [2.24, 2.45) is 0 Å². The summed E-state index contributed by atoms with van der Waals surface area (Å²) in [5.41, 5.74) is 1.42. The van der Waals surface area contributed by atoms with Crippen LogP contribution in [-0.4, -0.2) is 26.1 Å². The molecule has 2 aromatic heterocycles. The van der Waals surface area contributed by atoms with Crippen molar-refractivity contribution in [1.82, 2.24) is 14.6 Å². The maximum absolute atomic E-state index is 10.7. The Morgan fingerprint density at radius 2 is 2.14 bits per heavy atom. The van der Waals surface area contributed by atoms with E-state index in [-0.39, 0.29) is 5.69 Å². The maximum Gasteiger partial charge on any atom is 0.271 e. The highest BCUT2D eigenvalue weighted by atomic mass is 35.5. The van der Waals surface area contributed by atoms with Gasteiger partial charge in [0.1, 0.15) is 5.82 Å². The van der Waals surface area contributed by atoms with E-state index in [1.165, 1.54) is 12.1 Å². The summed E-state index contributed by atoms with van der Waals surface area (Å²) in [6.07, 6.45) is 2.56. The van der Waals surface area contributed by atoms with E-state index in [1.807, 2.05) is 28.8 Å². The summed E-state index contributed by atoms with van der Waals surface area (Å²) in [4.78, 5) is 10.2. The molecule has 3 aromatic rings. The summed E-state index contributed by atoms with van der Waals surface area (Å²) in [5.74, 6) is 0.834. The third-order valence-corrected chi connectivity index (χ3v) is 3.52. The fourth-order valence-electron chi connectivity index (χ4n) is 2.13. The molecule has 0 aliphatic heterocycles. The normalized spacial score (nSPS) is 10.8. The number of anilines is 1. The van der Waals surface area contributed by atoms with E-state index < -0.39 is 4.92 Å². The van der Waals surface area contributed by atoms with Crippen LogP contribution in [0.15, 0.2) is 42.6 Å². The third kappa shape index (κ3) is 2.84. The monoisotopic (exact) mass is 317 g/mol. The third-order valence-electron chi connectivity index (χ3n) is 3.21. The van der Waals surface area contributed by atoms with Gasteiger partial charge in [0.05, 0.1) is 15.6 Å². The second-order valence-electron chi connectivity index (χ2n) is 4.64. The van der Waals surface area contributed by atoms with Crippen LogP contribution in [0.2, 0.25) is 5.02 Å². The minimum atomic E-state index is -0.474. The average molecular weight is 318 g/mol. The predicted molar refractivity (Wildman–Crippen MR) is 83.3 cm³/mol. The molecule has 0 saturated carbocycles. The molecule has 1 N–H and O–H groups in total. The number of hydrogen-bond donors (Lipinski definition) is 1. The minimum absolute atomic E-state index is 0.0287. The molecule has 22 heavy (non-hydrogen) atoms. The number of pyridine rings is 1. The van der Waals surface area contributed by atoms with Gasteiger partial charge in [-0.3, -0.25) is 14.5 Å². The van der Waals surface area contributed by atoms with Crippen LogP contribution in [0.25, 0.3) is 5.65 Å². The van der Waals surface area contributed by atoms with E-state index in [1.54, 1.807) is 6.07 Å². The number of nitro groups is 1. The van der Waals surface area contributed by atoms with Crippen molar-refractivity contribution < 1.29 is 4.92 Å². The summed E-state index contributed by atoms with van der Waals surface area (Å²) in [6, 6.07) is 10.1. The summed E-state index contributed by atoms with van der Waals surface area (Å²) in [6.45, 7) is 0.590. The van der Waals surface area contributed by atoms with Crippen molar-refractivity contribution in [2.45, 2.75) is 6.42 Å². The Labute approximate surface area is 130 Å². The quantitative estimate of drug-likeness (QED) is 0.577. The van der Waals surface area contributed by atoms with Crippen LogP contribution in [0.5, 0.6) is 0 Å². The molecule has 3 rings (SSSR count). The van der Waals surface area contributed by atoms with Gasteiger partial charge in [-0.2, -0.15) is 0 Å². The van der Waals surface area contributed by atoms with E-state index in [2.05, 4.69) is 15.5 Å². The highest BCUT2D eigenvalue weighted by molar-refractivity contribution is 6.33. The molecular weight excluding hydrogens is 306 g/mol. The number of benzene rings is 1. The highest BCUT2D eigenvalue weighted by Gasteiger charge is 2.09. The largest absolute Gasteiger partial charge is 0.383 e. The average Bonchev–Trinajstić information content (AvgIpc) is 2.92. The van der Waals surface area contributed by atoms with Gasteiger partial charge in [-0.1, -0.05) is 17.7 Å². The second-order valence-corrected chi connectivity index (χ2v) is 5.05. The number of aromatic nitrogens is 3. The first-order valence-electron chi connectivity index (χ1n) is 6.61. The number of fused-ring (bicyclic) bond motifs is 1. The van der Waals surface area contributed by atoms with Gasteiger partial charge in [0.15, 0.2) is 5.65 Å². The van der Waals surface area contributed by atoms with Gasteiger partial charge < -0.3 is 5.32 Å². The minimum Gasteiger partial charge on any atom is -0.383 e. The molecule has 0 atom stereocenters. The number of nitro benzene ring substituents is 1. The van der Waals surface area contributed by atoms with Crippen LogP contribution in [-0.2, 0) is 6.42 Å². The van der Waals surface area contributed by atoms with Crippen LogP contribution in [0, 0.1) is 10.1 Å². The molecule has 0 radical (unpaired) electrons. The van der Waals surface area contributed by atoms with Crippen molar-refractivity contribution in [3.63, 3.8) is 0 Å². The summed E-state index contributed by atoms with van der Waals surface area (Å²) in [5, 5.41) is 22.3. The second kappa shape index (κ2) is 5.98. The molecular formula is C14H12ClN5O2. The van der Waals surface area contributed by atoms with Gasteiger partial charge in [-0.05, 0) is 18.2 Å². The lowest BCUT2D eigenvalue weighted by molar-refractivity contribution is -0.384. The number of rotatable bonds is 5. The topological polar surface area (TPSA) is 85.4 Å². The van der Waals surface area contributed by atoms with Crippen molar-refractivity contribution in [3.8, 4) is 0 Å². The first kappa shape index (κ1) is 14.3. The molecule has 0 bridgehead atoms. The molecule has 2 heterocycles. The van der Waals surface area contributed by atoms with Crippen molar-refractivity contribution in [2.75, 3.05) is 11.9 Å². The Morgan fingerprint density at radius 3 is 2.91 bits per heavy atom. The van der Waals surface area contributed by atoms with Gasteiger partial charge in [0, 0.05) is 31.3 Å². The number of nitrogens with one attached hydrogen (secondary N) is 1. The summed E-state index contributed by atoms with van der Waals surface area (Å²) in [7, 11) is 0. The molecule has 8 heteroatoms. The van der Waals surface area contributed by atoms with Crippen molar-refractivity contribution in [3.05, 3.63) is 63.6 Å². The fraction of sp³-hybridized carbons (Fsp3) is 0.143. The van der Waals surface area contributed by atoms with Crippen LogP contribution in [0.3, 0.4) is 0 Å². The highest BCUT2D eigenvalue weighted by Crippen LogP contribution is 2.26. The van der Waals surface area contributed by atoms with Crippen molar-refractivity contribution >= 4 is 28.6 Å². The molecule has 0 aliphatic carbocycles. The molecule has 0 amide bonds. The first-order chi connectivity index (χ1) is 10.6. The molecule has 0 aliphatic rings. The van der Waals surface area contributed by atoms with E-state index in [9.17, 15) is 10.1 Å². The van der Waals surface area contributed by atoms with Gasteiger partial charge in [0.2, 0.25) is 0 Å². The lowest BCUT2D eigenvalue weighted by Crippen LogP contribution is -2.08. The fourth-order valence-corrected chi connectivity index (χ4v) is 2.37. The SMILES string of the molecule is O=[N+]([O-])c1ccc(NCCc2nnc3ccccn23)c(Cl)c1. The Balaban J connectivity index is 1.67. The zero-order valence-corrected chi connectivity index (χ0v) is 12.2. The number of nitrogens with zero attached hydrogens (tertiary/aromatic N) is 4. The zero-order chi connectivity index (χ0) is 15.5. The van der Waals surface area contributed by atoms with Gasteiger partial charge in [0.25, 0.3) is 5.69 Å². The molecule has 0 saturated heterocycles. The lowest BCUT2D eigenvalue weighted by atomic mass is 10.2. The van der Waals surface area contributed by atoms with Crippen LogP contribution >= 0.6 is 11.6 Å². The van der Waals surface area contributed by atoms with E-state index in [0.717, 1.165) is 11.5 Å². The first-order valence-corrected chi connectivity index (χ1v) is 6.99. The van der Waals surface area contributed by atoms with Gasteiger partial charge >= 0.3 is 0 Å². The van der Waals surface area contributed by atoms with E-state index >= 15 is 0 Å². The summed E-state index contributed by atoms with van der Waals surface area (Å²) >= 11 is 6.03. The molecule has 0 unspecified atom stereocenters. The Morgan fingerprint density at radius 1 is 1.27 bits per heavy atom. The zero-order valence-electron chi connectivity index (χ0n) is 11.4. The number of halogens is 1. The molecule has 0 spiro atoms. The molecule has 112 valence electrons. The maximum atomic E-state index is 10.7. The Kier molecular flexibility index (Phi) is 3.88. The van der Waals surface area contributed by atoms with Crippen LogP contribution < -0.4 is 5.32 Å². The Hall–Kier alpha value is -2.67. The summed E-state index contributed by atoms with van der Waals surface area (Å²) < 4.78 is 1.92. The van der Waals surface area contributed by atoms with Crippen LogP contribution in [0.4, 0.5) is 11.4 Å². The smallest absolute Gasteiger partial charge is 0.271 e. The molecule has 1 aromatic carbocycles. The molecule has 0 fully saturated rings. The van der Waals surface area contributed by atoms with Crippen LogP contribution in [0.1, 0.15) is 5.82 Å². The van der Waals surface area contributed by atoms with Gasteiger partial charge in [-0.15, -0.1) is 10.2 Å².